The van der Waals surface area contributed by atoms with Gasteiger partial charge in [-0.2, -0.15) is 0 Å². The summed E-state index contributed by atoms with van der Waals surface area (Å²) in [7, 11) is 0. The maximum absolute atomic E-state index is 13.7. The highest BCUT2D eigenvalue weighted by atomic mass is 127. The van der Waals surface area contributed by atoms with Gasteiger partial charge in [-0.25, -0.2) is 14.4 Å². The van der Waals surface area contributed by atoms with Crippen LogP contribution in [0.1, 0.15) is 25.1 Å². The van der Waals surface area contributed by atoms with Gasteiger partial charge in [-0.1, -0.05) is 19.1 Å². The standard InChI is InChI=1S/C15H17FIN3/c1-4-12-13(17)15(18-5-2)20-14(19-12)10-7-6-9(3)11(16)8-10/h6-8H,4-5H2,1-3H3,(H,18,19,20). The fourth-order valence-electron chi connectivity index (χ4n) is 1.87. The van der Waals surface area contributed by atoms with E-state index in [9.17, 15) is 4.39 Å². The van der Waals surface area contributed by atoms with E-state index in [1.165, 1.54) is 6.07 Å². The van der Waals surface area contributed by atoms with E-state index in [-0.39, 0.29) is 5.82 Å². The molecule has 0 aliphatic heterocycles. The molecule has 3 nitrogen and oxygen atoms in total. The van der Waals surface area contributed by atoms with Crippen LogP contribution in [-0.4, -0.2) is 16.5 Å². The first kappa shape index (κ1) is 15.2. The highest BCUT2D eigenvalue weighted by Gasteiger charge is 2.12. The lowest BCUT2D eigenvalue weighted by Crippen LogP contribution is -2.07. The number of rotatable bonds is 4. The fraction of sp³-hybridized carbons (Fsp3) is 0.333. The van der Waals surface area contributed by atoms with Gasteiger partial charge >= 0.3 is 0 Å². The molecule has 0 aliphatic rings. The zero-order valence-electron chi connectivity index (χ0n) is 11.8. The maximum Gasteiger partial charge on any atom is 0.161 e. The third-order valence-corrected chi connectivity index (χ3v) is 4.16. The minimum Gasteiger partial charge on any atom is -0.369 e. The molecule has 2 aromatic rings. The van der Waals surface area contributed by atoms with E-state index in [1.807, 2.05) is 13.0 Å². The highest BCUT2D eigenvalue weighted by molar-refractivity contribution is 14.1. The van der Waals surface area contributed by atoms with Gasteiger partial charge in [0, 0.05) is 12.1 Å². The van der Waals surface area contributed by atoms with Crippen LogP contribution in [0.25, 0.3) is 11.4 Å². The second kappa shape index (κ2) is 6.47. The molecule has 1 aromatic carbocycles. The second-order valence-electron chi connectivity index (χ2n) is 4.50. The number of benzene rings is 1. The lowest BCUT2D eigenvalue weighted by molar-refractivity contribution is 0.619. The molecule has 1 aromatic heterocycles. The van der Waals surface area contributed by atoms with Crippen molar-refractivity contribution in [3.63, 3.8) is 0 Å². The number of nitrogens with one attached hydrogen (secondary N) is 1. The number of aryl methyl sites for hydroxylation is 2. The van der Waals surface area contributed by atoms with E-state index in [2.05, 4.69) is 44.8 Å². The number of anilines is 1. The molecule has 20 heavy (non-hydrogen) atoms. The largest absolute Gasteiger partial charge is 0.369 e. The van der Waals surface area contributed by atoms with Gasteiger partial charge in [0.15, 0.2) is 5.82 Å². The first-order valence-corrected chi connectivity index (χ1v) is 7.71. The summed E-state index contributed by atoms with van der Waals surface area (Å²) >= 11 is 2.25. The summed E-state index contributed by atoms with van der Waals surface area (Å²) in [4.78, 5) is 9.06. The predicted molar refractivity (Wildman–Crippen MR) is 88.4 cm³/mol. The minimum atomic E-state index is -0.229. The van der Waals surface area contributed by atoms with Gasteiger partial charge in [-0.15, -0.1) is 0 Å². The Morgan fingerprint density at radius 3 is 2.60 bits per heavy atom. The molecule has 0 amide bonds. The molecule has 2 rings (SSSR count). The maximum atomic E-state index is 13.7. The Kier molecular flexibility index (Phi) is 4.91. The second-order valence-corrected chi connectivity index (χ2v) is 5.58. The normalized spacial score (nSPS) is 10.7. The van der Waals surface area contributed by atoms with Gasteiger partial charge in [-0.05, 0) is 54.5 Å². The molecular formula is C15H17FIN3. The van der Waals surface area contributed by atoms with E-state index in [1.54, 1.807) is 13.0 Å². The van der Waals surface area contributed by atoms with Crippen molar-refractivity contribution in [3.05, 3.63) is 38.8 Å². The Labute approximate surface area is 132 Å². The van der Waals surface area contributed by atoms with Crippen LogP contribution in [0.15, 0.2) is 18.2 Å². The Bertz CT molecular complexity index is 629. The molecule has 0 spiro atoms. The summed E-state index contributed by atoms with van der Waals surface area (Å²) in [5.41, 5.74) is 2.31. The van der Waals surface area contributed by atoms with E-state index in [4.69, 9.17) is 0 Å². The topological polar surface area (TPSA) is 37.8 Å². The minimum absolute atomic E-state index is 0.229. The summed E-state index contributed by atoms with van der Waals surface area (Å²) in [5.74, 6) is 1.15. The SMILES string of the molecule is CCNc1nc(-c2ccc(C)c(F)c2)nc(CC)c1I. The highest BCUT2D eigenvalue weighted by Crippen LogP contribution is 2.25. The summed E-state index contributed by atoms with van der Waals surface area (Å²) in [5, 5.41) is 3.23. The first-order chi connectivity index (χ1) is 9.56. The summed E-state index contributed by atoms with van der Waals surface area (Å²) in [6.45, 7) is 6.61. The molecule has 106 valence electrons. The van der Waals surface area contributed by atoms with Crippen LogP contribution in [-0.2, 0) is 6.42 Å². The van der Waals surface area contributed by atoms with Crippen molar-refractivity contribution in [3.8, 4) is 11.4 Å². The van der Waals surface area contributed by atoms with E-state index < -0.39 is 0 Å². The zero-order chi connectivity index (χ0) is 14.7. The molecule has 0 saturated carbocycles. The van der Waals surface area contributed by atoms with E-state index in [0.717, 1.165) is 28.0 Å². The molecule has 1 N–H and O–H groups in total. The molecule has 0 saturated heterocycles. The van der Waals surface area contributed by atoms with Crippen molar-refractivity contribution in [1.29, 1.82) is 0 Å². The third-order valence-electron chi connectivity index (χ3n) is 3.03. The van der Waals surface area contributed by atoms with Gasteiger partial charge in [0.1, 0.15) is 11.6 Å². The number of halogens is 2. The summed E-state index contributed by atoms with van der Waals surface area (Å²) in [6, 6.07) is 5.10. The van der Waals surface area contributed by atoms with Gasteiger partial charge in [0.2, 0.25) is 0 Å². The quantitative estimate of drug-likeness (QED) is 0.803. The molecule has 0 bridgehead atoms. The van der Waals surface area contributed by atoms with Gasteiger partial charge in [0.25, 0.3) is 0 Å². The van der Waals surface area contributed by atoms with Crippen LogP contribution in [0.2, 0.25) is 0 Å². The van der Waals surface area contributed by atoms with Gasteiger partial charge < -0.3 is 5.32 Å². The van der Waals surface area contributed by atoms with Gasteiger partial charge in [-0.3, -0.25) is 0 Å². The number of hydrogen-bond acceptors (Lipinski definition) is 3. The molecule has 5 heteroatoms. The Morgan fingerprint density at radius 1 is 1.25 bits per heavy atom. The molecule has 0 atom stereocenters. The average molecular weight is 385 g/mol. The Balaban J connectivity index is 2.55. The van der Waals surface area contributed by atoms with Crippen molar-refractivity contribution in [2.75, 3.05) is 11.9 Å². The number of aromatic nitrogens is 2. The molecular weight excluding hydrogens is 368 g/mol. The Morgan fingerprint density at radius 2 is 2.00 bits per heavy atom. The predicted octanol–water partition coefficient (Wildman–Crippen LogP) is 4.19. The molecule has 0 radical (unpaired) electrons. The molecule has 0 aliphatic carbocycles. The van der Waals surface area contributed by atoms with Crippen LogP contribution in [0.5, 0.6) is 0 Å². The first-order valence-electron chi connectivity index (χ1n) is 6.63. The summed E-state index contributed by atoms with van der Waals surface area (Å²) in [6.07, 6.45) is 0.820. The van der Waals surface area contributed by atoms with Crippen LogP contribution in [0.4, 0.5) is 10.2 Å². The van der Waals surface area contributed by atoms with Crippen molar-refractivity contribution >= 4 is 28.4 Å². The van der Waals surface area contributed by atoms with Crippen molar-refractivity contribution in [2.24, 2.45) is 0 Å². The smallest absolute Gasteiger partial charge is 0.161 e. The van der Waals surface area contributed by atoms with Crippen LogP contribution < -0.4 is 5.32 Å². The number of nitrogens with zero attached hydrogens (tertiary/aromatic N) is 2. The lowest BCUT2D eigenvalue weighted by Gasteiger charge is -2.11. The Hall–Kier alpha value is -1.24. The summed E-state index contributed by atoms with van der Waals surface area (Å²) < 4.78 is 14.7. The van der Waals surface area contributed by atoms with E-state index >= 15 is 0 Å². The van der Waals surface area contributed by atoms with Crippen molar-refractivity contribution in [1.82, 2.24) is 9.97 Å². The molecule has 1 heterocycles. The van der Waals surface area contributed by atoms with E-state index in [0.29, 0.717) is 17.0 Å². The monoisotopic (exact) mass is 385 g/mol. The van der Waals surface area contributed by atoms with Crippen LogP contribution in [0, 0.1) is 16.3 Å². The van der Waals surface area contributed by atoms with Crippen molar-refractivity contribution < 1.29 is 4.39 Å². The zero-order valence-corrected chi connectivity index (χ0v) is 14.0. The molecule has 0 unspecified atom stereocenters. The molecule has 0 fully saturated rings. The van der Waals surface area contributed by atoms with Crippen LogP contribution in [0.3, 0.4) is 0 Å². The third kappa shape index (κ3) is 3.08. The fourth-order valence-corrected chi connectivity index (χ4v) is 2.69. The van der Waals surface area contributed by atoms with Crippen molar-refractivity contribution in [2.45, 2.75) is 27.2 Å². The van der Waals surface area contributed by atoms with Gasteiger partial charge in [0.05, 0.1) is 9.26 Å². The van der Waals surface area contributed by atoms with Crippen LogP contribution >= 0.6 is 22.6 Å². The average Bonchev–Trinajstić information content (AvgIpc) is 2.44. The lowest BCUT2D eigenvalue weighted by atomic mass is 10.1. The number of hydrogen-bond donors (Lipinski definition) is 1.